The Morgan fingerprint density at radius 1 is 1.10 bits per heavy atom. The fourth-order valence-electron chi connectivity index (χ4n) is 3.23. The molecule has 4 aromatic rings. The van der Waals surface area contributed by atoms with Crippen LogP contribution in [0.5, 0.6) is 0 Å². The van der Waals surface area contributed by atoms with Crippen LogP contribution in [0.25, 0.3) is 22.3 Å². The molecule has 1 amide bonds. The van der Waals surface area contributed by atoms with Gasteiger partial charge in [0.1, 0.15) is 6.54 Å². The van der Waals surface area contributed by atoms with Gasteiger partial charge in [-0.2, -0.15) is 0 Å². The van der Waals surface area contributed by atoms with Gasteiger partial charge in [0.25, 0.3) is 5.56 Å². The highest BCUT2D eigenvalue weighted by molar-refractivity contribution is 5.91. The third-order valence-electron chi connectivity index (χ3n) is 4.86. The first-order valence-electron chi connectivity index (χ1n) is 9.31. The smallest absolute Gasteiger partial charge is 0.261 e. The molecule has 29 heavy (non-hydrogen) atoms. The molecule has 9 nitrogen and oxygen atoms in total. The van der Waals surface area contributed by atoms with Gasteiger partial charge in [-0.3, -0.25) is 14.2 Å². The Morgan fingerprint density at radius 2 is 1.90 bits per heavy atom. The van der Waals surface area contributed by atoms with Gasteiger partial charge < -0.3 is 5.32 Å². The van der Waals surface area contributed by atoms with E-state index in [2.05, 4.69) is 25.8 Å². The van der Waals surface area contributed by atoms with Crippen molar-refractivity contribution in [3.8, 4) is 11.4 Å². The normalized spacial score (nSPS) is 13.5. The third kappa shape index (κ3) is 3.38. The number of nitrogens with zero attached hydrogens (tertiary/aromatic N) is 6. The minimum absolute atomic E-state index is 0.113. The lowest BCUT2D eigenvalue weighted by molar-refractivity contribution is -0.116. The number of aromatic nitrogens is 6. The maximum Gasteiger partial charge on any atom is 0.261 e. The second kappa shape index (κ2) is 6.93. The first-order chi connectivity index (χ1) is 14.2. The Kier molecular flexibility index (Phi) is 4.12. The topological polar surface area (TPSA) is 108 Å². The zero-order chi connectivity index (χ0) is 19.8. The van der Waals surface area contributed by atoms with Crippen LogP contribution in [-0.2, 0) is 11.3 Å². The molecule has 1 N–H and O–H groups in total. The first-order valence-corrected chi connectivity index (χ1v) is 9.31. The predicted octanol–water partition coefficient (Wildman–Crippen LogP) is 2.02. The number of carbonyl (C=O) groups excluding carboxylic acids is 1. The lowest BCUT2D eigenvalue weighted by Gasteiger charge is -2.09. The number of hydrogen-bond acceptors (Lipinski definition) is 6. The van der Waals surface area contributed by atoms with Crippen LogP contribution in [0.3, 0.4) is 0 Å². The van der Waals surface area contributed by atoms with Crippen molar-refractivity contribution in [3.05, 3.63) is 65.2 Å². The second-order valence-electron chi connectivity index (χ2n) is 7.00. The van der Waals surface area contributed by atoms with Crippen molar-refractivity contribution in [2.24, 2.45) is 0 Å². The Labute approximate surface area is 165 Å². The number of nitrogens with one attached hydrogen (secondary N) is 1. The summed E-state index contributed by atoms with van der Waals surface area (Å²) in [6, 6.07) is 14.8. The van der Waals surface area contributed by atoms with Crippen LogP contribution >= 0.6 is 0 Å². The highest BCUT2D eigenvalue weighted by Crippen LogP contribution is 2.36. The van der Waals surface area contributed by atoms with Crippen LogP contribution < -0.4 is 10.9 Å². The standard InChI is InChI=1S/C20H17N7O2/c28-18(11-26-12-21-17-4-2-1-3-16(17)20(26)29)22-14-7-5-13(6-8-14)19-23-24-25-27(19)15-9-10-15/h1-8,12,15H,9-11H2,(H,22,28). The predicted molar refractivity (Wildman–Crippen MR) is 106 cm³/mol. The Balaban J connectivity index is 1.30. The number of carbonyl (C=O) groups is 1. The van der Waals surface area contributed by atoms with Gasteiger partial charge in [0, 0.05) is 11.3 Å². The Bertz CT molecular complexity index is 1260. The maximum atomic E-state index is 12.5. The van der Waals surface area contributed by atoms with Crippen LogP contribution in [0, 0.1) is 0 Å². The van der Waals surface area contributed by atoms with Gasteiger partial charge in [-0.05, 0) is 59.7 Å². The molecule has 0 atom stereocenters. The number of tetrazole rings is 1. The molecule has 1 aliphatic carbocycles. The van der Waals surface area contributed by atoms with E-state index in [9.17, 15) is 9.59 Å². The van der Waals surface area contributed by atoms with Crippen LogP contribution in [0.15, 0.2) is 59.7 Å². The first kappa shape index (κ1) is 17.2. The van der Waals surface area contributed by atoms with E-state index >= 15 is 0 Å². The average Bonchev–Trinajstić information content (AvgIpc) is 3.47. The van der Waals surface area contributed by atoms with Crippen LogP contribution in [0.4, 0.5) is 5.69 Å². The van der Waals surface area contributed by atoms with Gasteiger partial charge >= 0.3 is 0 Å². The van der Waals surface area contributed by atoms with E-state index < -0.39 is 0 Å². The number of hydrogen-bond donors (Lipinski definition) is 1. The summed E-state index contributed by atoms with van der Waals surface area (Å²) in [4.78, 5) is 29.1. The van der Waals surface area contributed by atoms with E-state index in [-0.39, 0.29) is 18.0 Å². The highest BCUT2D eigenvalue weighted by atomic mass is 16.2. The van der Waals surface area contributed by atoms with Gasteiger partial charge in [-0.25, -0.2) is 9.67 Å². The zero-order valence-electron chi connectivity index (χ0n) is 15.4. The molecule has 0 unspecified atom stereocenters. The SMILES string of the molecule is O=C(Cn1cnc2ccccc2c1=O)Nc1ccc(-c2nnnn2C2CC2)cc1. The van der Waals surface area contributed by atoms with E-state index in [0.717, 1.165) is 24.2 Å². The number of benzene rings is 2. The van der Waals surface area contributed by atoms with E-state index in [1.54, 1.807) is 30.3 Å². The minimum atomic E-state index is -0.306. The van der Waals surface area contributed by atoms with Crippen LogP contribution in [0.2, 0.25) is 0 Å². The van der Waals surface area contributed by atoms with Crippen molar-refractivity contribution >= 4 is 22.5 Å². The van der Waals surface area contributed by atoms with E-state index in [0.29, 0.717) is 22.6 Å². The van der Waals surface area contributed by atoms with Crippen LogP contribution in [0.1, 0.15) is 18.9 Å². The molecule has 2 aromatic carbocycles. The van der Waals surface area contributed by atoms with E-state index in [1.807, 2.05) is 22.9 Å². The lowest BCUT2D eigenvalue weighted by Crippen LogP contribution is -2.27. The lowest BCUT2D eigenvalue weighted by atomic mass is 10.2. The molecule has 2 heterocycles. The van der Waals surface area contributed by atoms with Crippen molar-refractivity contribution in [2.75, 3.05) is 5.32 Å². The molecule has 1 fully saturated rings. The summed E-state index contributed by atoms with van der Waals surface area (Å²) in [5.41, 5.74) is 1.88. The quantitative estimate of drug-likeness (QED) is 0.561. The summed E-state index contributed by atoms with van der Waals surface area (Å²) in [6.07, 6.45) is 3.58. The summed E-state index contributed by atoms with van der Waals surface area (Å²) in [7, 11) is 0. The zero-order valence-corrected chi connectivity index (χ0v) is 15.4. The highest BCUT2D eigenvalue weighted by Gasteiger charge is 2.28. The maximum absolute atomic E-state index is 12.5. The molecule has 0 spiro atoms. The minimum Gasteiger partial charge on any atom is -0.325 e. The number of fused-ring (bicyclic) bond motifs is 1. The monoisotopic (exact) mass is 387 g/mol. The largest absolute Gasteiger partial charge is 0.325 e. The molecule has 0 bridgehead atoms. The molecule has 5 rings (SSSR count). The summed E-state index contributed by atoms with van der Waals surface area (Å²) in [5, 5.41) is 15.2. The molecule has 1 aliphatic rings. The van der Waals surface area contributed by atoms with Gasteiger partial charge in [-0.15, -0.1) is 5.10 Å². The summed E-state index contributed by atoms with van der Waals surface area (Å²) < 4.78 is 3.14. The summed E-state index contributed by atoms with van der Waals surface area (Å²) >= 11 is 0. The number of rotatable bonds is 5. The van der Waals surface area contributed by atoms with Gasteiger partial charge in [-0.1, -0.05) is 12.1 Å². The third-order valence-corrected chi connectivity index (χ3v) is 4.86. The number of anilines is 1. The number of amides is 1. The Morgan fingerprint density at radius 3 is 2.69 bits per heavy atom. The molecular formula is C20H17N7O2. The van der Waals surface area contributed by atoms with Gasteiger partial charge in [0.2, 0.25) is 5.91 Å². The fraction of sp³-hybridized carbons (Fsp3) is 0.200. The summed E-state index contributed by atoms with van der Waals surface area (Å²) in [5.74, 6) is 0.416. The average molecular weight is 387 g/mol. The molecule has 1 saturated carbocycles. The van der Waals surface area contributed by atoms with Crippen molar-refractivity contribution in [1.29, 1.82) is 0 Å². The van der Waals surface area contributed by atoms with E-state index in [4.69, 9.17) is 0 Å². The van der Waals surface area contributed by atoms with Crippen molar-refractivity contribution < 1.29 is 4.79 Å². The van der Waals surface area contributed by atoms with Crippen molar-refractivity contribution in [1.82, 2.24) is 29.8 Å². The van der Waals surface area contributed by atoms with E-state index in [1.165, 1.54) is 10.9 Å². The molecule has 9 heteroatoms. The summed E-state index contributed by atoms with van der Waals surface area (Å²) in [6.45, 7) is -0.113. The fourth-order valence-corrected chi connectivity index (χ4v) is 3.23. The second-order valence-corrected chi connectivity index (χ2v) is 7.00. The van der Waals surface area contributed by atoms with Gasteiger partial charge in [0.05, 0.1) is 23.3 Å². The molecule has 0 saturated heterocycles. The molecule has 0 radical (unpaired) electrons. The van der Waals surface area contributed by atoms with Crippen molar-refractivity contribution in [3.63, 3.8) is 0 Å². The van der Waals surface area contributed by atoms with Crippen molar-refractivity contribution in [2.45, 2.75) is 25.4 Å². The molecular weight excluding hydrogens is 370 g/mol. The van der Waals surface area contributed by atoms with Gasteiger partial charge in [0.15, 0.2) is 5.82 Å². The number of para-hydroxylation sites is 1. The molecule has 0 aliphatic heterocycles. The Hall–Kier alpha value is -3.88. The van der Waals surface area contributed by atoms with Crippen LogP contribution in [-0.4, -0.2) is 35.7 Å². The molecule has 2 aromatic heterocycles. The molecule has 144 valence electrons.